The van der Waals surface area contributed by atoms with Crippen LogP contribution < -0.4 is 0 Å². The predicted octanol–water partition coefficient (Wildman–Crippen LogP) is 2.71. The highest BCUT2D eigenvalue weighted by atomic mass is 32.2. The van der Waals surface area contributed by atoms with Crippen molar-refractivity contribution in [1.29, 1.82) is 0 Å². The van der Waals surface area contributed by atoms with Gasteiger partial charge in [0, 0.05) is 30.0 Å². The number of amides is 2. The fourth-order valence-corrected chi connectivity index (χ4v) is 2.84. The molecule has 1 fully saturated rings. The molecule has 0 atom stereocenters. The Morgan fingerprint density at radius 3 is 2.22 bits per heavy atom. The van der Waals surface area contributed by atoms with Gasteiger partial charge in [-0.05, 0) is 25.0 Å². The molecule has 1 aliphatic rings. The Kier molecular flexibility index (Phi) is 4.81. The lowest BCUT2D eigenvalue weighted by atomic mass is 10.2. The van der Waals surface area contributed by atoms with Crippen LogP contribution in [0.1, 0.15) is 25.7 Å². The number of carbonyl (C=O) groups excluding carboxylic acids is 2. The van der Waals surface area contributed by atoms with Crippen molar-refractivity contribution in [2.75, 3.05) is 12.3 Å². The number of benzene rings is 1. The van der Waals surface area contributed by atoms with Crippen LogP contribution in [-0.2, 0) is 9.59 Å². The molecule has 2 rings (SSSR count). The lowest BCUT2D eigenvalue weighted by Crippen LogP contribution is -2.36. The average Bonchev–Trinajstić information content (AvgIpc) is 2.54. The monoisotopic (exact) mass is 263 g/mol. The Morgan fingerprint density at radius 2 is 1.61 bits per heavy atom. The zero-order valence-electron chi connectivity index (χ0n) is 10.3. The average molecular weight is 263 g/mol. The molecular formula is C14H17NO2S. The van der Waals surface area contributed by atoms with Crippen molar-refractivity contribution in [3.05, 3.63) is 30.3 Å². The summed E-state index contributed by atoms with van der Waals surface area (Å²) >= 11 is 1.68. The van der Waals surface area contributed by atoms with Gasteiger partial charge in [-0.25, -0.2) is 0 Å². The molecule has 1 aliphatic heterocycles. The zero-order valence-corrected chi connectivity index (χ0v) is 11.1. The molecular weight excluding hydrogens is 246 g/mol. The largest absolute Gasteiger partial charge is 0.282 e. The highest BCUT2D eigenvalue weighted by molar-refractivity contribution is 7.99. The van der Waals surface area contributed by atoms with E-state index in [1.54, 1.807) is 11.8 Å². The van der Waals surface area contributed by atoms with Gasteiger partial charge in [0.25, 0.3) is 0 Å². The molecule has 0 saturated carbocycles. The van der Waals surface area contributed by atoms with E-state index in [4.69, 9.17) is 0 Å². The second-order valence-electron chi connectivity index (χ2n) is 4.31. The summed E-state index contributed by atoms with van der Waals surface area (Å²) in [6.07, 6.45) is 2.71. The maximum absolute atomic E-state index is 11.8. The van der Waals surface area contributed by atoms with Crippen LogP contribution >= 0.6 is 11.8 Å². The Balaban J connectivity index is 1.84. The Labute approximate surface area is 112 Å². The summed E-state index contributed by atoms with van der Waals surface area (Å²) in [5.41, 5.74) is 0. The van der Waals surface area contributed by atoms with Gasteiger partial charge in [0.2, 0.25) is 11.8 Å². The predicted molar refractivity (Wildman–Crippen MR) is 72.4 cm³/mol. The zero-order chi connectivity index (χ0) is 12.8. The molecule has 0 spiro atoms. The van der Waals surface area contributed by atoms with Gasteiger partial charge in [0.05, 0.1) is 0 Å². The molecule has 0 unspecified atom stereocenters. The van der Waals surface area contributed by atoms with E-state index >= 15 is 0 Å². The highest BCUT2D eigenvalue weighted by Gasteiger charge is 2.23. The molecule has 1 aromatic rings. The topological polar surface area (TPSA) is 37.4 Å². The van der Waals surface area contributed by atoms with Crippen LogP contribution in [-0.4, -0.2) is 29.0 Å². The van der Waals surface area contributed by atoms with Crippen molar-refractivity contribution in [2.24, 2.45) is 0 Å². The first-order valence-corrected chi connectivity index (χ1v) is 7.27. The molecule has 2 amide bonds. The van der Waals surface area contributed by atoms with Crippen molar-refractivity contribution in [3.8, 4) is 0 Å². The van der Waals surface area contributed by atoms with Gasteiger partial charge in [-0.15, -0.1) is 11.8 Å². The van der Waals surface area contributed by atoms with Crippen molar-refractivity contribution in [2.45, 2.75) is 30.6 Å². The van der Waals surface area contributed by atoms with Crippen LogP contribution in [0, 0.1) is 0 Å². The van der Waals surface area contributed by atoms with E-state index in [-0.39, 0.29) is 11.8 Å². The summed E-state index contributed by atoms with van der Waals surface area (Å²) in [4.78, 5) is 26.1. The van der Waals surface area contributed by atoms with Crippen LogP contribution in [0.15, 0.2) is 35.2 Å². The van der Waals surface area contributed by atoms with Crippen LogP contribution in [0.3, 0.4) is 0 Å². The second-order valence-corrected chi connectivity index (χ2v) is 5.48. The van der Waals surface area contributed by atoms with E-state index in [0.29, 0.717) is 19.4 Å². The number of likely N-dealkylation sites (tertiary alicyclic amines) is 1. The van der Waals surface area contributed by atoms with Crippen molar-refractivity contribution in [3.63, 3.8) is 0 Å². The Morgan fingerprint density at radius 1 is 1.00 bits per heavy atom. The molecule has 96 valence electrons. The van der Waals surface area contributed by atoms with Crippen molar-refractivity contribution in [1.82, 2.24) is 4.90 Å². The Hall–Kier alpha value is -1.29. The first-order chi connectivity index (χ1) is 8.77. The molecule has 0 aliphatic carbocycles. The van der Waals surface area contributed by atoms with Crippen LogP contribution in [0.4, 0.5) is 0 Å². The number of hydrogen-bond acceptors (Lipinski definition) is 3. The molecule has 1 heterocycles. The molecule has 0 N–H and O–H groups in total. The van der Waals surface area contributed by atoms with Crippen molar-refractivity contribution < 1.29 is 9.59 Å². The third kappa shape index (κ3) is 3.60. The minimum atomic E-state index is -0.00818. The van der Waals surface area contributed by atoms with Crippen molar-refractivity contribution >= 4 is 23.6 Å². The number of carbonyl (C=O) groups is 2. The maximum atomic E-state index is 11.8. The van der Waals surface area contributed by atoms with E-state index in [2.05, 4.69) is 0 Å². The molecule has 1 saturated heterocycles. The number of nitrogens with zero attached hydrogens (tertiary/aromatic N) is 1. The molecule has 4 heteroatoms. The van der Waals surface area contributed by atoms with Gasteiger partial charge in [0.15, 0.2) is 0 Å². The summed E-state index contributed by atoms with van der Waals surface area (Å²) in [7, 11) is 0. The van der Waals surface area contributed by atoms with Crippen LogP contribution in [0.5, 0.6) is 0 Å². The molecule has 18 heavy (non-hydrogen) atoms. The SMILES string of the molecule is O=C1CCCCC(=O)N1CCSc1ccccc1. The van der Waals surface area contributed by atoms with Gasteiger partial charge >= 0.3 is 0 Å². The summed E-state index contributed by atoms with van der Waals surface area (Å²) in [6, 6.07) is 10.0. The van der Waals surface area contributed by atoms with E-state index in [9.17, 15) is 9.59 Å². The number of thioether (sulfide) groups is 1. The minimum Gasteiger partial charge on any atom is -0.282 e. The highest BCUT2D eigenvalue weighted by Crippen LogP contribution is 2.18. The van der Waals surface area contributed by atoms with E-state index in [1.807, 2.05) is 30.3 Å². The van der Waals surface area contributed by atoms with Gasteiger partial charge in [-0.2, -0.15) is 0 Å². The summed E-state index contributed by atoms with van der Waals surface area (Å²) in [5.74, 6) is 0.749. The maximum Gasteiger partial charge on any atom is 0.229 e. The number of rotatable bonds is 4. The van der Waals surface area contributed by atoms with Gasteiger partial charge in [-0.1, -0.05) is 18.2 Å². The summed E-state index contributed by atoms with van der Waals surface area (Å²) < 4.78 is 0. The van der Waals surface area contributed by atoms with E-state index < -0.39 is 0 Å². The molecule has 0 bridgehead atoms. The molecule has 3 nitrogen and oxygen atoms in total. The lowest BCUT2D eigenvalue weighted by molar-refractivity contribution is -0.143. The standard InChI is InChI=1S/C14H17NO2S/c16-13-8-4-5-9-14(17)15(13)10-11-18-12-6-2-1-3-7-12/h1-3,6-7H,4-5,8-11H2. The van der Waals surface area contributed by atoms with Gasteiger partial charge < -0.3 is 0 Å². The second kappa shape index (κ2) is 6.59. The van der Waals surface area contributed by atoms with Gasteiger partial charge in [-0.3, -0.25) is 14.5 Å². The number of hydrogen-bond donors (Lipinski definition) is 0. The lowest BCUT2D eigenvalue weighted by Gasteiger charge is -2.18. The molecule has 1 aromatic carbocycles. The third-order valence-corrected chi connectivity index (χ3v) is 3.95. The normalized spacial score (nSPS) is 16.8. The minimum absolute atomic E-state index is 0.00818. The van der Waals surface area contributed by atoms with Crippen LogP contribution in [0.25, 0.3) is 0 Å². The fraction of sp³-hybridized carbons (Fsp3) is 0.429. The van der Waals surface area contributed by atoms with Gasteiger partial charge in [0.1, 0.15) is 0 Å². The quantitative estimate of drug-likeness (QED) is 0.619. The number of imide groups is 1. The third-order valence-electron chi connectivity index (χ3n) is 2.96. The smallest absolute Gasteiger partial charge is 0.229 e. The fourth-order valence-electron chi connectivity index (χ4n) is 1.98. The first kappa shape index (κ1) is 13.1. The van der Waals surface area contributed by atoms with Crippen LogP contribution in [0.2, 0.25) is 0 Å². The van der Waals surface area contributed by atoms with E-state index in [0.717, 1.165) is 18.6 Å². The Bertz CT molecular complexity index is 401. The summed E-state index contributed by atoms with van der Waals surface area (Å²) in [5, 5.41) is 0. The first-order valence-electron chi connectivity index (χ1n) is 6.28. The summed E-state index contributed by atoms with van der Waals surface area (Å²) in [6.45, 7) is 0.525. The van der Waals surface area contributed by atoms with E-state index in [1.165, 1.54) is 9.80 Å². The molecule has 0 radical (unpaired) electrons. The molecule has 0 aromatic heterocycles.